The highest BCUT2D eigenvalue weighted by Gasteiger charge is 2.15. The molecule has 2 aromatic carbocycles. The Labute approximate surface area is 217 Å². The van der Waals surface area contributed by atoms with Crippen LogP contribution in [0.3, 0.4) is 0 Å². The standard InChI is InChI=1S/C26H21Cl2N5O3/c1-33(26-30-12-17(13-31-26)24(35)15-34)14-16-5-7-19(22(28)10-16)25(36)32-18-6-8-21(27)20(11-18)23-4-2-3-9-29-23/h2-13,34H,14-15H2,1H3,(H,32,36). The molecule has 0 bridgehead atoms. The summed E-state index contributed by atoms with van der Waals surface area (Å²) >= 11 is 12.8. The number of benzene rings is 2. The molecule has 0 saturated heterocycles. The number of hydrogen-bond acceptors (Lipinski definition) is 7. The van der Waals surface area contributed by atoms with Crippen LogP contribution in [-0.2, 0) is 6.54 Å². The average Bonchev–Trinajstić information content (AvgIpc) is 2.90. The number of halogens is 2. The van der Waals surface area contributed by atoms with Crippen LogP contribution in [-0.4, -0.2) is 45.4 Å². The normalized spacial score (nSPS) is 10.7. The van der Waals surface area contributed by atoms with Crippen molar-refractivity contribution in [3.05, 3.63) is 99.9 Å². The summed E-state index contributed by atoms with van der Waals surface area (Å²) in [5.41, 5.74) is 3.35. The first-order valence-corrected chi connectivity index (χ1v) is 11.6. The fourth-order valence-electron chi connectivity index (χ4n) is 3.46. The third-order valence-electron chi connectivity index (χ3n) is 5.31. The van der Waals surface area contributed by atoms with Crippen LogP contribution in [0.15, 0.2) is 73.2 Å². The van der Waals surface area contributed by atoms with Gasteiger partial charge in [0.25, 0.3) is 5.91 Å². The van der Waals surface area contributed by atoms with E-state index in [1.54, 1.807) is 54.5 Å². The molecule has 8 nitrogen and oxygen atoms in total. The molecule has 0 aliphatic heterocycles. The van der Waals surface area contributed by atoms with E-state index >= 15 is 0 Å². The maximum Gasteiger partial charge on any atom is 0.257 e. The molecule has 10 heteroatoms. The highest BCUT2D eigenvalue weighted by molar-refractivity contribution is 6.35. The second-order valence-electron chi connectivity index (χ2n) is 7.89. The topological polar surface area (TPSA) is 108 Å². The number of aromatic nitrogens is 3. The number of nitrogens with zero attached hydrogens (tertiary/aromatic N) is 4. The van der Waals surface area contributed by atoms with Crippen LogP contribution in [0.2, 0.25) is 10.0 Å². The lowest BCUT2D eigenvalue weighted by atomic mass is 10.1. The Bertz CT molecular complexity index is 1400. The van der Waals surface area contributed by atoms with E-state index in [1.807, 2.05) is 18.2 Å². The van der Waals surface area contributed by atoms with Crippen molar-refractivity contribution in [3.63, 3.8) is 0 Å². The second kappa shape index (κ2) is 11.3. The van der Waals surface area contributed by atoms with E-state index in [9.17, 15) is 9.59 Å². The summed E-state index contributed by atoms with van der Waals surface area (Å²) in [5.74, 6) is -0.410. The van der Waals surface area contributed by atoms with Crippen molar-refractivity contribution in [3.8, 4) is 11.3 Å². The summed E-state index contributed by atoms with van der Waals surface area (Å²) in [7, 11) is 1.79. The van der Waals surface area contributed by atoms with Gasteiger partial charge < -0.3 is 15.3 Å². The Hall–Kier alpha value is -3.85. The molecule has 0 saturated carbocycles. The summed E-state index contributed by atoms with van der Waals surface area (Å²) < 4.78 is 0. The van der Waals surface area contributed by atoms with Gasteiger partial charge in [-0.25, -0.2) is 9.97 Å². The van der Waals surface area contributed by atoms with E-state index in [4.69, 9.17) is 28.3 Å². The average molecular weight is 522 g/mol. The van der Waals surface area contributed by atoms with Gasteiger partial charge in [-0.1, -0.05) is 35.3 Å². The second-order valence-corrected chi connectivity index (χ2v) is 8.70. The number of ketones is 1. The highest BCUT2D eigenvalue weighted by atomic mass is 35.5. The summed E-state index contributed by atoms with van der Waals surface area (Å²) in [5, 5.41) is 12.6. The molecule has 2 aromatic heterocycles. The molecule has 0 atom stereocenters. The molecule has 1 amide bonds. The van der Waals surface area contributed by atoms with Crippen molar-refractivity contribution in [2.45, 2.75) is 6.54 Å². The van der Waals surface area contributed by atoms with Gasteiger partial charge in [0.15, 0.2) is 5.78 Å². The summed E-state index contributed by atoms with van der Waals surface area (Å²) in [6.07, 6.45) is 4.41. The minimum atomic E-state index is -0.597. The largest absolute Gasteiger partial charge is 0.388 e. The zero-order chi connectivity index (χ0) is 25.7. The van der Waals surface area contributed by atoms with Gasteiger partial charge in [-0.05, 0) is 48.0 Å². The molecular formula is C26H21Cl2N5O3. The SMILES string of the molecule is CN(Cc1ccc(C(=O)Nc2ccc(Cl)c(-c3ccccn3)c2)c(Cl)c1)c1ncc(C(=O)CO)cn1. The number of Topliss-reactive ketones (excluding diaryl/α,β-unsaturated/α-hetero) is 1. The van der Waals surface area contributed by atoms with Gasteiger partial charge in [-0.2, -0.15) is 0 Å². The number of aliphatic hydroxyl groups excluding tert-OH is 1. The lowest BCUT2D eigenvalue weighted by molar-refractivity contribution is 0.0902. The quantitative estimate of drug-likeness (QED) is 0.317. The van der Waals surface area contributed by atoms with Crippen LogP contribution in [0.5, 0.6) is 0 Å². The fraction of sp³-hybridized carbons (Fsp3) is 0.115. The number of aliphatic hydroxyl groups is 1. The third-order valence-corrected chi connectivity index (χ3v) is 5.95. The molecule has 0 unspecified atom stereocenters. The van der Waals surface area contributed by atoms with E-state index < -0.39 is 12.4 Å². The monoisotopic (exact) mass is 521 g/mol. The molecule has 4 aromatic rings. The number of carbonyl (C=O) groups is 2. The maximum atomic E-state index is 12.9. The predicted octanol–water partition coefficient (Wildman–Crippen LogP) is 4.91. The minimum Gasteiger partial charge on any atom is -0.388 e. The fourth-order valence-corrected chi connectivity index (χ4v) is 3.96. The molecule has 182 valence electrons. The third kappa shape index (κ3) is 5.85. The van der Waals surface area contributed by atoms with Gasteiger partial charge >= 0.3 is 0 Å². The van der Waals surface area contributed by atoms with Gasteiger partial charge in [0.1, 0.15) is 6.61 Å². The van der Waals surface area contributed by atoms with Crippen molar-refractivity contribution < 1.29 is 14.7 Å². The molecule has 4 rings (SSSR count). The zero-order valence-corrected chi connectivity index (χ0v) is 20.7. The van der Waals surface area contributed by atoms with Crippen molar-refractivity contribution in [2.75, 3.05) is 23.9 Å². The number of anilines is 2. The van der Waals surface area contributed by atoms with Crippen molar-refractivity contribution >= 4 is 46.5 Å². The van der Waals surface area contributed by atoms with E-state index in [0.717, 1.165) is 5.56 Å². The summed E-state index contributed by atoms with van der Waals surface area (Å²) in [6, 6.07) is 15.9. The lowest BCUT2D eigenvalue weighted by Gasteiger charge is -2.17. The Morgan fingerprint density at radius 3 is 2.42 bits per heavy atom. The van der Waals surface area contributed by atoms with Crippen LogP contribution in [0.1, 0.15) is 26.3 Å². The highest BCUT2D eigenvalue weighted by Crippen LogP contribution is 2.30. The summed E-state index contributed by atoms with van der Waals surface area (Å²) in [6.45, 7) is -0.181. The van der Waals surface area contributed by atoms with E-state index in [1.165, 1.54) is 12.4 Å². The molecule has 0 aliphatic rings. The smallest absolute Gasteiger partial charge is 0.257 e. The van der Waals surface area contributed by atoms with Crippen LogP contribution in [0.25, 0.3) is 11.3 Å². The summed E-state index contributed by atoms with van der Waals surface area (Å²) in [4.78, 5) is 38.9. The Balaban J connectivity index is 1.45. The minimum absolute atomic E-state index is 0.237. The van der Waals surface area contributed by atoms with E-state index in [-0.39, 0.29) is 11.5 Å². The zero-order valence-electron chi connectivity index (χ0n) is 19.2. The number of carbonyl (C=O) groups excluding carboxylic acids is 2. The van der Waals surface area contributed by atoms with Gasteiger partial charge in [0.05, 0.1) is 26.9 Å². The first kappa shape index (κ1) is 25.2. The molecule has 2 heterocycles. The Morgan fingerprint density at radius 1 is 0.972 bits per heavy atom. The first-order chi connectivity index (χ1) is 17.4. The molecule has 0 radical (unpaired) electrons. The van der Waals surface area contributed by atoms with Crippen LogP contribution in [0.4, 0.5) is 11.6 Å². The van der Waals surface area contributed by atoms with Crippen molar-refractivity contribution in [2.24, 2.45) is 0 Å². The molecule has 0 fully saturated rings. The van der Waals surface area contributed by atoms with E-state index in [0.29, 0.717) is 45.0 Å². The number of hydrogen-bond donors (Lipinski definition) is 2. The van der Waals surface area contributed by atoms with Gasteiger partial charge in [0.2, 0.25) is 5.95 Å². The number of amides is 1. The predicted molar refractivity (Wildman–Crippen MR) is 140 cm³/mol. The number of rotatable bonds is 8. The maximum absolute atomic E-state index is 12.9. The molecular weight excluding hydrogens is 501 g/mol. The van der Waals surface area contributed by atoms with Gasteiger partial charge in [-0.3, -0.25) is 14.6 Å². The molecule has 36 heavy (non-hydrogen) atoms. The lowest BCUT2D eigenvalue weighted by Crippen LogP contribution is -2.20. The number of nitrogens with one attached hydrogen (secondary N) is 1. The van der Waals surface area contributed by atoms with Crippen molar-refractivity contribution in [1.82, 2.24) is 15.0 Å². The van der Waals surface area contributed by atoms with Crippen LogP contribution < -0.4 is 10.2 Å². The number of pyridine rings is 1. The van der Waals surface area contributed by atoms with E-state index in [2.05, 4.69) is 20.3 Å². The first-order valence-electron chi connectivity index (χ1n) is 10.8. The van der Waals surface area contributed by atoms with Crippen LogP contribution in [0, 0.1) is 0 Å². The van der Waals surface area contributed by atoms with Crippen molar-refractivity contribution in [1.29, 1.82) is 0 Å². The van der Waals surface area contributed by atoms with Gasteiger partial charge in [0, 0.05) is 43.4 Å². The Kier molecular flexibility index (Phi) is 7.90. The van der Waals surface area contributed by atoms with Gasteiger partial charge in [-0.15, -0.1) is 0 Å². The molecule has 0 aliphatic carbocycles. The Morgan fingerprint density at radius 2 is 1.75 bits per heavy atom. The van der Waals surface area contributed by atoms with Crippen LogP contribution >= 0.6 is 23.2 Å². The molecule has 2 N–H and O–H groups in total. The molecule has 0 spiro atoms.